The Morgan fingerprint density at radius 2 is 1.71 bits per heavy atom. The molecule has 0 N–H and O–H groups in total. The normalized spacial score (nSPS) is 20.5. The topological polar surface area (TPSA) is 71.1 Å². The van der Waals surface area contributed by atoms with Crippen LogP contribution >= 0.6 is 0 Å². The van der Waals surface area contributed by atoms with Gasteiger partial charge in [0.05, 0.1) is 12.2 Å². The minimum atomic E-state index is -0.360. The van der Waals surface area contributed by atoms with E-state index in [1.165, 1.54) is 19.4 Å². The van der Waals surface area contributed by atoms with Crippen LogP contribution in [0.5, 0.6) is 5.75 Å². The molecule has 6 heteroatoms. The Morgan fingerprint density at radius 3 is 2.35 bits per heavy atom. The summed E-state index contributed by atoms with van der Waals surface area (Å²) in [7, 11) is 0. The van der Waals surface area contributed by atoms with Crippen molar-refractivity contribution in [3.8, 4) is 16.9 Å². The summed E-state index contributed by atoms with van der Waals surface area (Å²) in [5, 5.41) is 0. The van der Waals surface area contributed by atoms with Gasteiger partial charge in [0.1, 0.15) is 25.1 Å². The predicted molar refractivity (Wildman–Crippen MR) is 131 cm³/mol. The number of ether oxygens (including phenoxy) is 4. The molecule has 3 atom stereocenters. The Balaban J connectivity index is 1.75. The second-order valence-corrected chi connectivity index (χ2v) is 8.78. The Kier molecular flexibility index (Phi) is 8.88. The second-order valence-electron chi connectivity index (χ2n) is 8.78. The fourth-order valence-electron chi connectivity index (χ4n) is 3.94. The van der Waals surface area contributed by atoms with E-state index in [9.17, 15) is 9.59 Å². The lowest BCUT2D eigenvalue weighted by molar-refractivity contribution is -0.169. The fourth-order valence-corrected chi connectivity index (χ4v) is 3.94. The molecule has 1 aliphatic rings. The van der Waals surface area contributed by atoms with E-state index in [0.717, 1.165) is 28.0 Å². The van der Waals surface area contributed by atoms with Gasteiger partial charge in [-0.3, -0.25) is 9.59 Å². The molecule has 0 saturated carbocycles. The maximum Gasteiger partial charge on any atom is 0.302 e. The van der Waals surface area contributed by atoms with Crippen molar-refractivity contribution in [1.29, 1.82) is 0 Å². The zero-order valence-electron chi connectivity index (χ0n) is 20.6. The third-order valence-electron chi connectivity index (χ3n) is 5.92. The van der Waals surface area contributed by atoms with E-state index >= 15 is 0 Å². The van der Waals surface area contributed by atoms with Crippen molar-refractivity contribution in [2.45, 2.75) is 65.8 Å². The maximum absolute atomic E-state index is 11.5. The molecule has 0 aromatic heterocycles. The third-order valence-corrected chi connectivity index (χ3v) is 5.92. The van der Waals surface area contributed by atoms with Crippen LogP contribution in [0.3, 0.4) is 0 Å². The molecule has 0 spiro atoms. The standard InChI is InChI=1S/C28H34O6/c1-6-18(2)16-32-27-13-24(8-7-19(27)3)22-9-11-23(12-10-22)28-15-25(33-21(5)30)14-26(34-28)17-31-20(4)29/h6-13,25-26,28H,14-17H2,1-5H3/b18-6+. The molecule has 0 aliphatic carbocycles. The molecule has 0 radical (unpaired) electrons. The van der Waals surface area contributed by atoms with Crippen LogP contribution in [0.15, 0.2) is 54.1 Å². The summed E-state index contributed by atoms with van der Waals surface area (Å²) in [5.41, 5.74) is 5.40. The summed E-state index contributed by atoms with van der Waals surface area (Å²) < 4.78 is 22.8. The predicted octanol–water partition coefficient (Wildman–Crippen LogP) is 5.72. The van der Waals surface area contributed by atoms with Gasteiger partial charge in [-0.05, 0) is 54.7 Å². The molecule has 2 aromatic rings. The highest BCUT2D eigenvalue weighted by atomic mass is 16.6. The smallest absolute Gasteiger partial charge is 0.302 e. The number of carbonyl (C=O) groups is 2. The first kappa shape index (κ1) is 25.5. The number of aryl methyl sites for hydroxylation is 1. The van der Waals surface area contributed by atoms with Crippen LogP contribution in [-0.2, 0) is 23.8 Å². The maximum atomic E-state index is 11.5. The van der Waals surface area contributed by atoms with Crippen LogP contribution in [-0.4, -0.2) is 37.4 Å². The second kappa shape index (κ2) is 11.8. The van der Waals surface area contributed by atoms with Gasteiger partial charge in [-0.25, -0.2) is 0 Å². The van der Waals surface area contributed by atoms with E-state index in [1.54, 1.807) is 0 Å². The molecule has 1 heterocycles. The van der Waals surface area contributed by atoms with Gasteiger partial charge in [0.25, 0.3) is 0 Å². The highest BCUT2D eigenvalue weighted by Crippen LogP contribution is 2.35. The Bertz CT molecular complexity index is 1020. The van der Waals surface area contributed by atoms with Crippen molar-refractivity contribution in [2.24, 2.45) is 0 Å². The SMILES string of the molecule is C/C=C(\C)COc1cc(-c2ccc(C3CC(OC(C)=O)CC(COC(C)=O)O3)cc2)ccc1C. The van der Waals surface area contributed by atoms with Crippen molar-refractivity contribution in [3.05, 3.63) is 65.2 Å². The summed E-state index contributed by atoms with van der Waals surface area (Å²) in [4.78, 5) is 22.7. The number of esters is 2. The summed E-state index contributed by atoms with van der Waals surface area (Å²) in [5.74, 6) is 0.187. The van der Waals surface area contributed by atoms with Gasteiger partial charge < -0.3 is 18.9 Å². The number of rotatable bonds is 8. The Labute approximate surface area is 201 Å². The average Bonchev–Trinajstić information content (AvgIpc) is 2.81. The van der Waals surface area contributed by atoms with Crippen LogP contribution < -0.4 is 4.74 Å². The van der Waals surface area contributed by atoms with Crippen LogP contribution in [0.4, 0.5) is 0 Å². The van der Waals surface area contributed by atoms with E-state index in [0.29, 0.717) is 19.4 Å². The largest absolute Gasteiger partial charge is 0.489 e. The van der Waals surface area contributed by atoms with Gasteiger partial charge in [-0.1, -0.05) is 42.5 Å². The minimum Gasteiger partial charge on any atom is -0.489 e. The first-order valence-corrected chi connectivity index (χ1v) is 11.7. The minimum absolute atomic E-state index is 0.139. The molecule has 34 heavy (non-hydrogen) atoms. The van der Waals surface area contributed by atoms with E-state index in [4.69, 9.17) is 18.9 Å². The Morgan fingerprint density at radius 1 is 1.00 bits per heavy atom. The van der Waals surface area contributed by atoms with Crippen molar-refractivity contribution < 1.29 is 28.5 Å². The van der Waals surface area contributed by atoms with Gasteiger partial charge in [0.15, 0.2) is 0 Å². The summed E-state index contributed by atoms with van der Waals surface area (Å²) in [6, 6.07) is 14.4. The number of hydrogen-bond acceptors (Lipinski definition) is 6. The summed E-state index contributed by atoms with van der Waals surface area (Å²) in [6.07, 6.45) is 2.24. The quantitative estimate of drug-likeness (QED) is 0.366. The van der Waals surface area contributed by atoms with Crippen molar-refractivity contribution in [2.75, 3.05) is 13.2 Å². The fraction of sp³-hybridized carbons (Fsp3) is 0.429. The molecule has 0 bridgehead atoms. The molecule has 1 fully saturated rings. The van der Waals surface area contributed by atoms with E-state index < -0.39 is 0 Å². The number of benzene rings is 2. The van der Waals surface area contributed by atoms with Crippen molar-refractivity contribution in [1.82, 2.24) is 0 Å². The molecule has 6 nitrogen and oxygen atoms in total. The molecular weight excluding hydrogens is 432 g/mol. The lowest BCUT2D eigenvalue weighted by atomic mass is 9.94. The molecule has 3 unspecified atom stereocenters. The van der Waals surface area contributed by atoms with Crippen LogP contribution in [0.1, 0.15) is 57.8 Å². The number of carbonyl (C=O) groups excluding carboxylic acids is 2. The van der Waals surface area contributed by atoms with Crippen molar-refractivity contribution in [3.63, 3.8) is 0 Å². The third kappa shape index (κ3) is 7.19. The van der Waals surface area contributed by atoms with Gasteiger partial charge in [-0.2, -0.15) is 0 Å². The van der Waals surface area contributed by atoms with Gasteiger partial charge in [0, 0.05) is 26.7 Å². The highest BCUT2D eigenvalue weighted by Gasteiger charge is 2.33. The zero-order chi connectivity index (χ0) is 24.7. The molecular formula is C28H34O6. The van der Waals surface area contributed by atoms with Crippen LogP contribution in [0, 0.1) is 6.92 Å². The first-order valence-electron chi connectivity index (χ1n) is 11.7. The van der Waals surface area contributed by atoms with Crippen molar-refractivity contribution >= 4 is 11.9 Å². The number of hydrogen-bond donors (Lipinski definition) is 0. The summed E-state index contributed by atoms with van der Waals surface area (Å²) in [6.45, 7) is 9.57. The van der Waals surface area contributed by atoms with Crippen LogP contribution in [0.2, 0.25) is 0 Å². The van der Waals surface area contributed by atoms with Crippen LogP contribution in [0.25, 0.3) is 11.1 Å². The molecule has 1 saturated heterocycles. The van der Waals surface area contributed by atoms with Gasteiger partial charge in [0.2, 0.25) is 0 Å². The monoisotopic (exact) mass is 466 g/mol. The van der Waals surface area contributed by atoms with E-state index in [-0.39, 0.29) is 36.9 Å². The van der Waals surface area contributed by atoms with Gasteiger partial charge >= 0.3 is 11.9 Å². The molecule has 2 aromatic carbocycles. The highest BCUT2D eigenvalue weighted by molar-refractivity contribution is 5.67. The molecule has 182 valence electrons. The lowest BCUT2D eigenvalue weighted by Crippen LogP contribution is -2.36. The molecule has 1 aliphatic heterocycles. The van der Waals surface area contributed by atoms with Gasteiger partial charge in [-0.15, -0.1) is 0 Å². The molecule has 3 rings (SSSR count). The number of allylic oxidation sites excluding steroid dienone is 1. The van der Waals surface area contributed by atoms with E-state index in [1.807, 2.05) is 39.0 Å². The average molecular weight is 467 g/mol. The molecule has 0 amide bonds. The van der Waals surface area contributed by atoms with E-state index in [2.05, 4.69) is 30.3 Å². The first-order chi connectivity index (χ1) is 16.2. The Hall–Kier alpha value is -3.12. The zero-order valence-corrected chi connectivity index (χ0v) is 20.6. The summed E-state index contributed by atoms with van der Waals surface area (Å²) >= 11 is 0. The lowest BCUT2D eigenvalue weighted by Gasteiger charge is -2.35.